The molecule has 1 saturated heterocycles. The van der Waals surface area contributed by atoms with Gasteiger partial charge in [0.25, 0.3) is 5.91 Å². The van der Waals surface area contributed by atoms with Crippen molar-refractivity contribution in [3.8, 4) is 0 Å². The molecule has 2 rings (SSSR count). The van der Waals surface area contributed by atoms with Crippen molar-refractivity contribution >= 4 is 39.0 Å². The van der Waals surface area contributed by atoms with E-state index in [0.29, 0.717) is 16.4 Å². The van der Waals surface area contributed by atoms with Crippen LogP contribution in [0.1, 0.15) is 29.4 Å². The van der Waals surface area contributed by atoms with Gasteiger partial charge in [0.2, 0.25) is 0 Å². The molecule has 0 radical (unpaired) electrons. The van der Waals surface area contributed by atoms with Crippen LogP contribution < -0.4 is 16.0 Å². The molecule has 8 heteroatoms. The number of nitrogens with one attached hydrogen (secondary N) is 1. The second kappa shape index (κ2) is 6.53. The Morgan fingerprint density at radius 1 is 1.55 bits per heavy atom. The maximum Gasteiger partial charge on any atom is 0.265 e. The maximum absolute atomic E-state index is 12.2. The quantitative estimate of drug-likeness (QED) is 0.858. The summed E-state index contributed by atoms with van der Waals surface area (Å²) in [7, 11) is 1.19. The van der Waals surface area contributed by atoms with Crippen LogP contribution in [0.15, 0.2) is 0 Å². The van der Waals surface area contributed by atoms with Crippen LogP contribution in [0, 0.1) is 0 Å². The molecule has 1 aliphatic rings. The molecule has 0 bridgehead atoms. The third-order valence-electron chi connectivity index (χ3n) is 3.37. The van der Waals surface area contributed by atoms with Crippen molar-refractivity contribution in [2.45, 2.75) is 25.8 Å². The van der Waals surface area contributed by atoms with Gasteiger partial charge in [0.05, 0.1) is 0 Å². The van der Waals surface area contributed by atoms with Gasteiger partial charge in [0.15, 0.2) is 5.13 Å². The third-order valence-corrected chi connectivity index (χ3v) is 5.94. The van der Waals surface area contributed by atoms with Gasteiger partial charge in [-0.25, -0.2) is 4.98 Å². The van der Waals surface area contributed by atoms with E-state index >= 15 is 0 Å². The number of thiazole rings is 1. The van der Waals surface area contributed by atoms with Crippen LogP contribution in [0.3, 0.4) is 0 Å². The SMILES string of the molecule is CCN(C)c1nc(N)c(C(=O)NC2CCS(=O)CC2)s1. The Morgan fingerprint density at radius 3 is 2.80 bits per heavy atom. The molecule has 0 atom stereocenters. The molecular formula is C12H20N4O2S2. The van der Waals surface area contributed by atoms with E-state index in [1.165, 1.54) is 11.3 Å². The summed E-state index contributed by atoms with van der Waals surface area (Å²) in [6.45, 7) is 2.82. The normalized spacial score (nSPS) is 22.5. The first-order chi connectivity index (χ1) is 9.51. The monoisotopic (exact) mass is 316 g/mol. The third kappa shape index (κ3) is 3.49. The molecule has 0 aliphatic carbocycles. The molecule has 1 aromatic heterocycles. The molecule has 0 saturated carbocycles. The number of hydrogen-bond donors (Lipinski definition) is 2. The predicted molar refractivity (Wildman–Crippen MR) is 83.8 cm³/mol. The van der Waals surface area contributed by atoms with E-state index in [2.05, 4.69) is 10.3 Å². The highest BCUT2D eigenvalue weighted by atomic mass is 32.2. The Hall–Kier alpha value is -1.15. The van der Waals surface area contributed by atoms with E-state index in [1.54, 1.807) is 0 Å². The minimum atomic E-state index is -0.720. The minimum Gasteiger partial charge on any atom is -0.382 e. The van der Waals surface area contributed by atoms with E-state index in [0.717, 1.165) is 24.5 Å². The number of amides is 1. The number of nitrogens with two attached hydrogens (primary N) is 1. The Labute approximate surface area is 125 Å². The second-order valence-corrected chi connectivity index (χ2v) is 7.49. The standard InChI is InChI=1S/C12H20N4O2S2/c1-3-16(2)12-15-10(13)9(19-12)11(17)14-8-4-6-20(18)7-5-8/h8H,3-7,13H2,1-2H3,(H,14,17). The van der Waals surface area contributed by atoms with Crippen molar-refractivity contribution in [1.29, 1.82) is 0 Å². The number of nitrogen functional groups attached to an aromatic ring is 1. The van der Waals surface area contributed by atoms with Crippen molar-refractivity contribution in [2.24, 2.45) is 0 Å². The van der Waals surface area contributed by atoms with Gasteiger partial charge in [-0.05, 0) is 19.8 Å². The minimum absolute atomic E-state index is 0.0917. The number of hydrogen-bond acceptors (Lipinski definition) is 6. The van der Waals surface area contributed by atoms with Crippen LogP contribution in [-0.4, -0.2) is 46.2 Å². The van der Waals surface area contributed by atoms with Gasteiger partial charge in [0.1, 0.15) is 10.7 Å². The van der Waals surface area contributed by atoms with Gasteiger partial charge in [-0.1, -0.05) is 11.3 Å². The van der Waals surface area contributed by atoms with Gasteiger partial charge in [-0.15, -0.1) is 0 Å². The molecule has 0 unspecified atom stereocenters. The largest absolute Gasteiger partial charge is 0.382 e. The molecule has 2 heterocycles. The van der Waals surface area contributed by atoms with E-state index in [9.17, 15) is 9.00 Å². The van der Waals surface area contributed by atoms with Gasteiger partial charge >= 0.3 is 0 Å². The topological polar surface area (TPSA) is 88.3 Å². The number of carbonyl (C=O) groups excluding carboxylic acids is 1. The molecule has 20 heavy (non-hydrogen) atoms. The zero-order chi connectivity index (χ0) is 14.7. The summed E-state index contributed by atoms with van der Waals surface area (Å²) in [5, 5.41) is 3.72. The molecule has 1 aliphatic heterocycles. The molecule has 1 fully saturated rings. The van der Waals surface area contributed by atoms with Gasteiger partial charge < -0.3 is 16.0 Å². The van der Waals surface area contributed by atoms with Crippen molar-refractivity contribution in [2.75, 3.05) is 35.7 Å². The lowest BCUT2D eigenvalue weighted by Crippen LogP contribution is -2.39. The summed E-state index contributed by atoms with van der Waals surface area (Å²) in [6, 6.07) is 0.0917. The average molecular weight is 316 g/mol. The van der Waals surface area contributed by atoms with Crippen molar-refractivity contribution in [3.63, 3.8) is 0 Å². The van der Waals surface area contributed by atoms with Crippen LogP contribution in [0.25, 0.3) is 0 Å². The van der Waals surface area contributed by atoms with E-state index < -0.39 is 10.8 Å². The lowest BCUT2D eigenvalue weighted by atomic mass is 10.1. The Balaban J connectivity index is 2.02. The fraction of sp³-hybridized carbons (Fsp3) is 0.667. The first kappa shape index (κ1) is 15.2. The van der Waals surface area contributed by atoms with Crippen molar-refractivity contribution < 1.29 is 9.00 Å². The lowest BCUT2D eigenvalue weighted by molar-refractivity contribution is 0.0939. The fourth-order valence-corrected chi connectivity index (χ4v) is 4.18. The first-order valence-electron chi connectivity index (χ1n) is 6.64. The molecule has 0 spiro atoms. The number of carbonyl (C=O) groups is 1. The fourth-order valence-electron chi connectivity index (χ4n) is 1.97. The molecule has 0 aromatic carbocycles. The first-order valence-corrected chi connectivity index (χ1v) is 8.95. The predicted octanol–water partition coefficient (Wildman–Crippen LogP) is 0.822. The number of rotatable bonds is 4. The van der Waals surface area contributed by atoms with Crippen LogP contribution >= 0.6 is 11.3 Å². The maximum atomic E-state index is 12.2. The highest BCUT2D eigenvalue weighted by Gasteiger charge is 2.23. The van der Waals surface area contributed by atoms with E-state index in [4.69, 9.17) is 5.73 Å². The average Bonchev–Trinajstić information content (AvgIpc) is 2.82. The number of aromatic nitrogens is 1. The lowest BCUT2D eigenvalue weighted by Gasteiger charge is -2.22. The summed E-state index contributed by atoms with van der Waals surface area (Å²) < 4.78 is 11.3. The zero-order valence-electron chi connectivity index (χ0n) is 11.7. The molecule has 3 N–H and O–H groups in total. The summed E-state index contributed by atoms with van der Waals surface area (Å²) in [6.07, 6.45) is 1.53. The molecule has 1 amide bonds. The molecular weight excluding hydrogens is 296 g/mol. The van der Waals surface area contributed by atoms with Gasteiger partial charge in [-0.3, -0.25) is 9.00 Å². The van der Waals surface area contributed by atoms with Crippen LogP contribution in [0.2, 0.25) is 0 Å². The van der Waals surface area contributed by atoms with Gasteiger partial charge in [0, 0.05) is 41.9 Å². The van der Waals surface area contributed by atoms with E-state index in [-0.39, 0.29) is 17.8 Å². The zero-order valence-corrected chi connectivity index (χ0v) is 13.4. The number of nitrogens with zero attached hydrogens (tertiary/aromatic N) is 2. The van der Waals surface area contributed by atoms with Crippen LogP contribution in [0.4, 0.5) is 10.9 Å². The highest BCUT2D eigenvalue weighted by Crippen LogP contribution is 2.27. The van der Waals surface area contributed by atoms with Crippen molar-refractivity contribution in [3.05, 3.63) is 4.88 Å². The summed E-state index contributed by atoms with van der Waals surface area (Å²) >= 11 is 1.31. The van der Waals surface area contributed by atoms with Crippen molar-refractivity contribution in [1.82, 2.24) is 10.3 Å². The smallest absolute Gasteiger partial charge is 0.265 e. The summed E-state index contributed by atoms with van der Waals surface area (Å²) in [5.74, 6) is 1.43. The summed E-state index contributed by atoms with van der Waals surface area (Å²) in [5.41, 5.74) is 5.83. The second-order valence-electron chi connectivity index (χ2n) is 4.82. The molecule has 112 valence electrons. The van der Waals surface area contributed by atoms with E-state index in [1.807, 2.05) is 18.9 Å². The van der Waals surface area contributed by atoms with Crippen LogP contribution in [-0.2, 0) is 10.8 Å². The van der Waals surface area contributed by atoms with Crippen LogP contribution in [0.5, 0.6) is 0 Å². The molecule has 1 aromatic rings. The Bertz CT molecular complexity index is 508. The summed E-state index contributed by atoms with van der Waals surface area (Å²) in [4.78, 5) is 18.9. The molecule has 6 nitrogen and oxygen atoms in total. The Morgan fingerprint density at radius 2 is 2.20 bits per heavy atom. The number of anilines is 2. The Kier molecular flexibility index (Phi) is 4.98. The van der Waals surface area contributed by atoms with Gasteiger partial charge in [-0.2, -0.15) is 0 Å². The highest BCUT2D eigenvalue weighted by molar-refractivity contribution is 7.85.